The van der Waals surface area contributed by atoms with Gasteiger partial charge in [-0.05, 0) is 17.7 Å². The predicted molar refractivity (Wildman–Crippen MR) is 48.7 cm³/mol. The van der Waals surface area contributed by atoms with E-state index < -0.39 is 29.9 Å². The predicted octanol–water partition coefficient (Wildman–Crippen LogP) is 2.38. The Hall–Kier alpha value is -1.92. The molecule has 3 nitrogen and oxygen atoms in total. The Morgan fingerprint density at radius 1 is 1.18 bits per heavy atom. The molecule has 17 heavy (non-hydrogen) atoms. The minimum absolute atomic E-state index is 0.149. The fraction of sp³-hybridized carbons (Fsp3) is 0.200. The maximum Gasteiger partial charge on any atom is 0.468 e. The topological polar surface area (TPSA) is 38.7 Å². The largest absolute Gasteiger partial charge is 0.468 e. The van der Waals surface area contributed by atoms with Crippen molar-refractivity contribution in [3.8, 4) is 0 Å². The van der Waals surface area contributed by atoms with E-state index in [9.17, 15) is 22.4 Å². The summed E-state index contributed by atoms with van der Waals surface area (Å²) in [6.07, 6.45) is -4.80. The third kappa shape index (κ3) is 2.27. The van der Waals surface area contributed by atoms with Crippen LogP contribution in [0.4, 0.5) is 17.6 Å². The van der Waals surface area contributed by atoms with E-state index in [1.165, 1.54) is 12.1 Å². The van der Waals surface area contributed by atoms with Gasteiger partial charge in [-0.3, -0.25) is 0 Å². The van der Waals surface area contributed by atoms with E-state index in [1.54, 1.807) is 0 Å². The van der Waals surface area contributed by atoms with Crippen molar-refractivity contribution in [2.75, 3.05) is 0 Å². The Balaban J connectivity index is 2.31. The lowest BCUT2D eigenvalue weighted by Gasteiger charge is -2.02. The second-order valence-corrected chi connectivity index (χ2v) is 3.31. The average Bonchev–Trinajstić information content (AvgIpc) is 2.61. The summed E-state index contributed by atoms with van der Waals surface area (Å²) in [5.74, 6) is -3.25. The fourth-order valence-corrected chi connectivity index (χ4v) is 1.33. The summed E-state index contributed by atoms with van der Waals surface area (Å²) in [5, 5.41) is 0. The molecule has 1 heterocycles. The van der Waals surface area contributed by atoms with Crippen molar-refractivity contribution < 1.29 is 27.1 Å². The SMILES string of the molecule is O=C1OC(C(F)(F)F)=NC1c1ccc(F)cc1. The molecule has 0 radical (unpaired) electrons. The maximum absolute atomic E-state index is 12.6. The van der Waals surface area contributed by atoms with Gasteiger partial charge in [0, 0.05) is 0 Å². The fourth-order valence-electron chi connectivity index (χ4n) is 1.33. The first-order valence-electron chi connectivity index (χ1n) is 4.50. The average molecular weight is 247 g/mol. The zero-order chi connectivity index (χ0) is 12.6. The summed E-state index contributed by atoms with van der Waals surface area (Å²) < 4.78 is 53.3. The number of benzene rings is 1. The van der Waals surface area contributed by atoms with Gasteiger partial charge in [0.2, 0.25) is 0 Å². The van der Waals surface area contributed by atoms with Crippen molar-refractivity contribution in [2.24, 2.45) is 4.99 Å². The van der Waals surface area contributed by atoms with Crippen LogP contribution in [0.25, 0.3) is 0 Å². The zero-order valence-electron chi connectivity index (χ0n) is 8.16. The lowest BCUT2D eigenvalue weighted by atomic mass is 10.1. The van der Waals surface area contributed by atoms with E-state index in [1.807, 2.05) is 0 Å². The monoisotopic (exact) mass is 247 g/mol. The quantitative estimate of drug-likeness (QED) is 0.564. The van der Waals surface area contributed by atoms with Gasteiger partial charge in [-0.1, -0.05) is 12.1 Å². The molecule has 0 N–H and O–H groups in total. The summed E-state index contributed by atoms with van der Waals surface area (Å²) in [4.78, 5) is 14.3. The Kier molecular flexibility index (Phi) is 2.60. The summed E-state index contributed by atoms with van der Waals surface area (Å²) in [5.41, 5.74) is 0.149. The molecule has 0 saturated heterocycles. The minimum Gasteiger partial charge on any atom is -0.401 e. The number of cyclic esters (lactones) is 1. The highest BCUT2D eigenvalue weighted by Crippen LogP contribution is 2.30. The lowest BCUT2D eigenvalue weighted by molar-refractivity contribution is -0.139. The number of ether oxygens (including phenoxy) is 1. The number of alkyl halides is 3. The second-order valence-electron chi connectivity index (χ2n) is 3.31. The smallest absolute Gasteiger partial charge is 0.401 e. The Labute approximate surface area is 92.7 Å². The molecule has 0 spiro atoms. The number of nitrogens with zero attached hydrogens (tertiary/aromatic N) is 1. The van der Waals surface area contributed by atoms with Crippen LogP contribution in [0.15, 0.2) is 29.3 Å². The summed E-state index contributed by atoms with van der Waals surface area (Å²) in [7, 11) is 0. The molecule has 1 atom stereocenters. The van der Waals surface area contributed by atoms with Gasteiger partial charge in [-0.25, -0.2) is 14.2 Å². The van der Waals surface area contributed by atoms with Gasteiger partial charge in [0.05, 0.1) is 0 Å². The second kappa shape index (κ2) is 3.83. The molecule has 1 unspecified atom stereocenters. The van der Waals surface area contributed by atoms with Gasteiger partial charge in [-0.15, -0.1) is 0 Å². The first-order chi connectivity index (χ1) is 7.88. The van der Waals surface area contributed by atoms with Crippen molar-refractivity contribution in [2.45, 2.75) is 12.2 Å². The van der Waals surface area contributed by atoms with Gasteiger partial charge >= 0.3 is 18.0 Å². The van der Waals surface area contributed by atoms with Gasteiger partial charge in [0.1, 0.15) is 5.82 Å². The van der Waals surface area contributed by atoms with Gasteiger partial charge in [-0.2, -0.15) is 13.2 Å². The Morgan fingerprint density at radius 3 is 2.24 bits per heavy atom. The van der Waals surface area contributed by atoms with Crippen molar-refractivity contribution in [1.29, 1.82) is 0 Å². The van der Waals surface area contributed by atoms with Crippen molar-refractivity contribution in [3.63, 3.8) is 0 Å². The number of aliphatic imine (C=N–C) groups is 1. The summed E-state index contributed by atoms with van der Waals surface area (Å²) in [6.45, 7) is 0. The molecule has 0 fully saturated rings. The van der Waals surface area contributed by atoms with E-state index in [0.717, 1.165) is 12.1 Å². The summed E-state index contributed by atoms with van der Waals surface area (Å²) in [6, 6.07) is 3.05. The molecule has 7 heteroatoms. The van der Waals surface area contributed by atoms with Crippen LogP contribution in [0.3, 0.4) is 0 Å². The molecule has 0 amide bonds. The normalized spacial score (nSPS) is 20.1. The van der Waals surface area contributed by atoms with Crippen LogP contribution in [-0.4, -0.2) is 18.0 Å². The molecule has 0 saturated carbocycles. The molecule has 1 aromatic rings. The van der Waals surface area contributed by atoms with Crippen LogP contribution in [-0.2, 0) is 9.53 Å². The van der Waals surface area contributed by atoms with E-state index >= 15 is 0 Å². The molecule has 0 aliphatic carbocycles. The van der Waals surface area contributed by atoms with E-state index in [0.29, 0.717) is 0 Å². The molecular formula is C10H5F4NO2. The van der Waals surface area contributed by atoms with Crippen LogP contribution in [0.2, 0.25) is 0 Å². The molecule has 2 rings (SSSR count). The highest BCUT2D eigenvalue weighted by Gasteiger charge is 2.46. The van der Waals surface area contributed by atoms with E-state index in [2.05, 4.69) is 9.73 Å². The molecule has 1 aromatic carbocycles. The number of esters is 1. The first-order valence-corrected chi connectivity index (χ1v) is 4.50. The Bertz CT molecular complexity index is 478. The molecule has 0 aromatic heterocycles. The number of hydrogen-bond donors (Lipinski definition) is 0. The number of rotatable bonds is 1. The van der Waals surface area contributed by atoms with Gasteiger partial charge in [0.25, 0.3) is 0 Å². The summed E-state index contributed by atoms with van der Waals surface area (Å²) >= 11 is 0. The number of carbonyl (C=O) groups excluding carboxylic acids is 1. The van der Waals surface area contributed by atoms with E-state index in [4.69, 9.17) is 0 Å². The minimum atomic E-state index is -4.80. The van der Waals surface area contributed by atoms with Crippen LogP contribution in [0.1, 0.15) is 11.6 Å². The Morgan fingerprint density at radius 2 is 1.76 bits per heavy atom. The van der Waals surface area contributed by atoms with Crippen molar-refractivity contribution in [3.05, 3.63) is 35.6 Å². The lowest BCUT2D eigenvalue weighted by Crippen LogP contribution is -2.23. The van der Waals surface area contributed by atoms with Gasteiger partial charge < -0.3 is 4.74 Å². The van der Waals surface area contributed by atoms with Gasteiger partial charge in [0.15, 0.2) is 6.04 Å². The first kappa shape index (κ1) is 11.6. The van der Waals surface area contributed by atoms with Crippen LogP contribution in [0, 0.1) is 5.82 Å². The molecule has 1 aliphatic heterocycles. The standard InChI is InChI=1S/C10H5F4NO2/c11-6-3-1-5(2-4-6)7-8(16)17-9(15-7)10(12,13)14/h1-4,7H. The van der Waals surface area contributed by atoms with Crippen LogP contribution >= 0.6 is 0 Å². The van der Waals surface area contributed by atoms with E-state index in [-0.39, 0.29) is 5.56 Å². The third-order valence-electron chi connectivity index (χ3n) is 2.10. The molecule has 1 aliphatic rings. The number of hydrogen-bond acceptors (Lipinski definition) is 3. The number of carbonyl (C=O) groups is 1. The maximum atomic E-state index is 12.6. The third-order valence-corrected chi connectivity index (χ3v) is 2.10. The van der Waals surface area contributed by atoms with Crippen molar-refractivity contribution in [1.82, 2.24) is 0 Å². The van der Waals surface area contributed by atoms with Crippen molar-refractivity contribution >= 4 is 11.9 Å². The zero-order valence-corrected chi connectivity index (χ0v) is 8.16. The molecular weight excluding hydrogens is 242 g/mol. The number of halogens is 4. The molecule has 90 valence electrons. The highest BCUT2D eigenvalue weighted by atomic mass is 19.4. The molecule has 0 bridgehead atoms. The van der Waals surface area contributed by atoms with Crippen LogP contribution in [0.5, 0.6) is 0 Å². The van der Waals surface area contributed by atoms with Crippen LogP contribution < -0.4 is 0 Å². The highest BCUT2D eigenvalue weighted by molar-refractivity contribution is 6.00.